The number of esters is 1. The Bertz CT molecular complexity index is 610. The van der Waals surface area contributed by atoms with E-state index in [9.17, 15) is 13.2 Å². The van der Waals surface area contributed by atoms with Crippen molar-refractivity contribution in [1.29, 1.82) is 0 Å². The molecule has 8 heteroatoms. The summed E-state index contributed by atoms with van der Waals surface area (Å²) in [6.07, 6.45) is 1.26. The van der Waals surface area contributed by atoms with Crippen LogP contribution in [0, 0.1) is 0 Å². The maximum absolute atomic E-state index is 11.9. The molecule has 0 N–H and O–H groups in total. The van der Waals surface area contributed by atoms with Gasteiger partial charge in [0.2, 0.25) is 5.76 Å². The summed E-state index contributed by atoms with van der Waals surface area (Å²) in [7, 11) is -1.88. The van der Waals surface area contributed by atoms with Gasteiger partial charge in [-0.1, -0.05) is 0 Å². The topological polar surface area (TPSA) is 76.8 Å². The van der Waals surface area contributed by atoms with Gasteiger partial charge in [0.1, 0.15) is 11.1 Å². The number of hydrogen-bond donors (Lipinski definition) is 0. The summed E-state index contributed by atoms with van der Waals surface area (Å²) in [5, 5.41) is -0.530. The third-order valence-corrected chi connectivity index (χ3v) is 6.20. The lowest BCUT2D eigenvalue weighted by atomic mass is 10.2. The highest BCUT2D eigenvalue weighted by molar-refractivity contribution is 8.00. The molecule has 0 amide bonds. The standard InChI is InChI=1S/C13H19NO5S2/c1-9(10-4-5-11(19-10)13(15)18-2)14-6-7-20-8-12(14)21(3,16)17/h4-5,9,12H,6-8H2,1-3H3. The fourth-order valence-electron chi connectivity index (χ4n) is 2.36. The molecule has 0 spiro atoms. The molecule has 118 valence electrons. The lowest BCUT2D eigenvalue weighted by Gasteiger charge is -2.37. The summed E-state index contributed by atoms with van der Waals surface area (Å²) in [6.45, 7) is 2.55. The van der Waals surface area contributed by atoms with E-state index in [1.807, 2.05) is 11.8 Å². The van der Waals surface area contributed by atoms with Crippen LogP contribution >= 0.6 is 11.8 Å². The van der Waals surface area contributed by atoms with E-state index in [0.29, 0.717) is 18.1 Å². The monoisotopic (exact) mass is 333 g/mol. The molecule has 1 aromatic rings. The van der Waals surface area contributed by atoms with Gasteiger partial charge in [0.15, 0.2) is 9.84 Å². The number of furan rings is 1. The molecule has 1 saturated heterocycles. The normalized spacial score (nSPS) is 22.0. The van der Waals surface area contributed by atoms with Gasteiger partial charge in [0.05, 0.1) is 13.2 Å². The first-order chi connectivity index (χ1) is 9.84. The zero-order chi connectivity index (χ0) is 15.6. The molecule has 2 rings (SSSR count). The third-order valence-electron chi connectivity index (χ3n) is 3.54. The molecule has 1 aromatic heterocycles. The fraction of sp³-hybridized carbons (Fsp3) is 0.615. The van der Waals surface area contributed by atoms with Crippen LogP contribution in [0.2, 0.25) is 0 Å². The fourth-order valence-corrected chi connectivity index (χ4v) is 5.31. The molecular weight excluding hydrogens is 314 g/mol. The summed E-state index contributed by atoms with van der Waals surface area (Å²) < 4.78 is 34.0. The number of carbonyl (C=O) groups is 1. The van der Waals surface area contributed by atoms with Gasteiger partial charge in [0, 0.05) is 24.3 Å². The quantitative estimate of drug-likeness (QED) is 0.774. The average molecular weight is 333 g/mol. The van der Waals surface area contributed by atoms with E-state index in [2.05, 4.69) is 4.74 Å². The highest BCUT2D eigenvalue weighted by atomic mass is 32.2. The minimum absolute atomic E-state index is 0.127. The molecule has 1 fully saturated rings. The van der Waals surface area contributed by atoms with Crippen molar-refractivity contribution in [2.75, 3.05) is 31.4 Å². The number of rotatable bonds is 4. The minimum Gasteiger partial charge on any atom is -0.463 e. The van der Waals surface area contributed by atoms with Gasteiger partial charge in [-0.3, -0.25) is 4.90 Å². The zero-order valence-electron chi connectivity index (χ0n) is 12.2. The Hall–Kier alpha value is -0.990. The van der Waals surface area contributed by atoms with Crippen LogP contribution in [-0.2, 0) is 14.6 Å². The van der Waals surface area contributed by atoms with Crippen LogP contribution in [0.25, 0.3) is 0 Å². The molecule has 2 heterocycles. The average Bonchev–Trinajstić information content (AvgIpc) is 2.94. The largest absolute Gasteiger partial charge is 0.463 e. The highest BCUT2D eigenvalue weighted by Crippen LogP contribution is 2.30. The summed E-state index contributed by atoms with van der Waals surface area (Å²) in [4.78, 5) is 13.3. The molecule has 1 aliphatic heterocycles. The first kappa shape index (κ1) is 16.4. The molecular formula is C13H19NO5S2. The Morgan fingerprint density at radius 3 is 2.86 bits per heavy atom. The lowest BCUT2D eigenvalue weighted by molar-refractivity contribution is 0.0558. The number of methoxy groups -OCH3 is 1. The van der Waals surface area contributed by atoms with Crippen molar-refractivity contribution in [3.05, 3.63) is 23.7 Å². The number of sulfone groups is 1. The molecule has 1 aliphatic rings. The van der Waals surface area contributed by atoms with Crippen LogP contribution in [0.4, 0.5) is 0 Å². The number of carbonyl (C=O) groups excluding carboxylic acids is 1. The van der Waals surface area contributed by atoms with Gasteiger partial charge in [-0.25, -0.2) is 13.2 Å². The first-order valence-electron chi connectivity index (χ1n) is 6.55. The summed E-state index contributed by atoms with van der Waals surface area (Å²) >= 11 is 1.63. The molecule has 0 radical (unpaired) electrons. The molecule has 0 saturated carbocycles. The molecule has 2 atom stereocenters. The van der Waals surface area contributed by atoms with Gasteiger partial charge < -0.3 is 9.15 Å². The molecule has 2 unspecified atom stereocenters. The molecule has 0 aliphatic carbocycles. The van der Waals surface area contributed by atoms with Crippen LogP contribution < -0.4 is 0 Å². The molecule has 21 heavy (non-hydrogen) atoms. The van der Waals surface area contributed by atoms with Crippen LogP contribution in [0.5, 0.6) is 0 Å². The SMILES string of the molecule is COC(=O)c1ccc(C(C)N2CCSCC2S(C)(=O)=O)o1. The molecule has 6 nitrogen and oxygen atoms in total. The number of thioether (sulfide) groups is 1. The summed E-state index contributed by atoms with van der Waals surface area (Å²) in [5.74, 6) is 1.58. The smallest absolute Gasteiger partial charge is 0.373 e. The summed E-state index contributed by atoms with van der Waals surface area (Å²) in [5.41, 5.74) is 0. The number of hydrogen-bond acceptors (Lipinski definition) is 7. The van der Waals surface area contributed by atoms with Crippen molar-refractivity contribution in [2.24, 2.45) is 0 Å². The van der Waals surface area contributed by atoms with Gasteiger partial charge in [-0.2, -0.15) is 11.8 Å². The van der Waals surface area contributed by atoms with Crippen molar-refractivity contribution >= 4 is 27.6 Å². The van der Waals surface area contributed by atoms with Crippen molar-refractivity contribution in [3.63, 3.8) is 0 Å². The Balaban J connectivity index is 2.23. The zero-order valence-corrected chi connectivity index (χ0v) is 13.9. The van der Waals surface area contributed by atoms with Crippen LogP contribution in [-0.4, -0.2) is 56.1 Å². The van der Waals surface area contributed by atoms with E-state index in [-0.39, 0.29) is 11.8 Å². The van der Waals surface area contributed by atoms with Crippen molar-refractivity contribution in [3.8, 4) is 0 Å². The van der Waals surface area contributed by atoms with E-state index in [0.717, 1.165) is 5.75 Å². The van der Waals surface area contributed by atoms with E-state index in [4.69, 9.17) is 4.42 Å². The third kappa shape index (κ3) is 3.61. The Morgan fingerprint density at radius 2 is 2.24 bits per heavy atom. The van der Waals surface area contributed by atoms with Crippen LogP contribution in [0.1, 0.15) is 29.3 Å². The van der Waals surface area contributed by atoms with E-state index in [1.165, 1.54) is 13.4 Å². The first-order valence-corrected chi connectivity index (χ1v) is 9.66. The van der Waals surface area contributed by atoms with Crippen molar-refractivity contribution in [1.82, 2.24) is 4.90 Å². The van der Waals surface area contributed by atoms with Crippen molar-refractivity contribution in [2.45, 2.75) is 18.3 Å². The van der Waals surface area contributed by atoms with Gasteiger partial charge in [-0.05, 0) is 19.1 Å². The van der Waals surface area contributed by atoms with Gasteiger partial charge >= 0.3 is 5.97 Å². The van der Waals surface area contributed by atoms with Crippen LogP contribution in [0.3, 0.4) is 0 Å². The Morgan fingerprint density at radius 1 is 1.52 bits per heavy atom. The maximum Gasteiger partial charge on any atom is 0.373 e. The van der Waals surface area contributed by atoms with Crippen LogP contribution in [0.15, 0.2) is 16.5 Å². The lowest BCUT2D eigenvalue weighted by Crippen LogP contribution is -2.47. The minimum atomic E-state index is -3.17. The molecule has 0 aromatic carbocycles. The van der Waals surface area contributed by atoms with E-state index in [1.54, 1.807) is 23.9 Å². The van der Waals surface area contributed by atoms with Gasteiger partial charge in [0.25, 0.3) is 0 Å². The Labute approximate surface area is 128 Å². The van der Waals surface area contributed by atoms with Gasteiger partial charge in [-0.15, -0.1) is 0 Å². The van der Waals surface area contributed by atoms with Crippen molar-refractivity contribution < 1.29 is 22.4 Å². The summed E-state index contributed by atoms with van der Waals surface area (Å²) in [6, 6.07) is 3.02. The predicted molar refractivity (Wildman–Crippen MR) is 81.1 cm³/mol. The second kappa shape index (κ2) is 6.41. The highest BCUT2D eigenvalue weighted by Gasteiger charge is 2.35. The van der Waals surface area contributed by atoms with E-state index >= 15 is 0 Å². The second-order valence-electron chi connectivity index (χ2n) is 4.97. The Kier molecular flexibility index (Phi) is 5.00. The molecule has 0 bridgehead atoms. The number of nitrogens with zero attached hydrogens (tertiary/aromatic N) is 1. The maximum atomic E-state index is 11.9. The number of ether oxygens (including phenoxy) is 1. The second-order valence-corrected chi connectivity index (χ2v) is 8.32. The predicted octanol–water partition coefficient (Wildman–Crippen LogP) is 1.55. The van der Waals surface area contributed by atoms with E-state index < -0.39 is 21.2 Å².